The third-order valence-corrected chi connectivity index (χ3v) is 9.50. The van der Waals surface area contributed by atoms with E-state index in [1.165, 1.54) is 36.4 Å². The van der Waals surface area contributed by atoms with E-state index in [0.717, 1.165) is 24.3 Å². The van der Waals surface area contributed by atoms with Gasteiger partial charge in [-0.05, 0) is 24.3 Å². The van der Waals surface area contributed by atoms with Crippen LogP contribution in [0.4, 0.5) is 0 Å². The SMILES string of the molecule is O=C=NS(=O)(=O)N(S(=O)(=O)c1ccccc1)S(=O)(=O)c1ccccc1. The average Bonchev–Trinajstić information content (AvgIpc) is 2.55. The fourth-order valence-corrected chi connectivity index (χ4v) is 7.57. The molecule has 2 aromatic carbocycles. The lowest BCUT2D eigenvalue weighted by atomic mass is 10.4. The summed E-state index contributed by atoms with van der Waals surface area (Å²) >= 11 is 0. The summed E-state index contributed by atoms with van der Waals surface area (Å²) in [5, 5.41) is 0. The van der Waals surface area contributed by atoms with Crippen molar-refractivity contribution in [2.45, 2.75) is 9.79 Å². The molecule has 0 N–H and O–H groups in total. The van der Waals surface area contributed by atoms with Crippen LogP contribution >= 0.6 is 0 Å². The maximum Gasteiger partial charge on any atom is 0.360 e. The van der Waals surface area contributed by atoms with Crippen LogP contribution in [0.15, 0.2) is 74.9 Å². The summed E-state index contributed by atoms with van der Waals surface area (Å²) in [5.74, 6) is 0. The van der Waals surface area contributed by atoms with Gasteiger partial charge in [0, 0.05) is 3.12 Å². The highest BCUT2D eigenvalue weighted by Gasteiger charge is 2.46. The molecule has 0 unspecified atom stereocenters. The first-order valence-electron chi connectivity index (χ1n) is 6.39. The van der Waals surface area contributed by atoms with Crippen LogP contribution in [0.25, 0.3) is 0 Å². The minimum atomic E-state index is -5.43. The molecule has 0 amide bonds. The third kappa shape index (κ3) is 3.67. The number of hydrogen-bond acceptors (Lipinski definition) is 7. The zero-order valence-corrected chi connectivity index (χ0v) is 14.7. The summed E-state index contributed by atoms with van der Waals surface area (Å²) in [5.41, 5.74) is 0. The minimum absolute atomic E-state index is 0.612. The van der Waals surface area contributed by atoms with Gasteiger partial charge in [-0.15, -0.1) is 0 Å². The van der Waals surface area contributed by atoms with E-state index < -0.39 is 43.2 Å². The number of benzene rings is 2. The molecule has 9 nitrogen and oxygen atoms in total. The summed E-state index contributed by atoms with van der Waals surface area (Å²) in [6, 6.07) is 12.0. The van der Waals surface area contributed by atoms with Gasteiger partial charge in [0.05, 0.1) is 9.79 Å². The molecule has 0 saturated carbocycles. The molecule has 0 aliphatic rings. The van der Waals surface area contributed by atoms with Gasteiger partial charge in [0.15, 0.2) is 0 Å². The molecule has 25 heavy (non-hydrogen) atoms. The summed E-state index contributed by atoms with van der Waals surface area (Å²) in [7, 11) is -15.6. The number of carbonyl (C=O) groups excluding carboxylic acids is 1. The van der Waals surface area contributed by atoms with Crippen molar-refractivity contribution in [2.75, 3.05) is 0 Å². The summed E-state index contributed by atoms with van der Waals surface area (Å²) in [6.07, 6.45) is 0.652. The fraction of sp³-hybridized carbons (Fsp3) is 0. The highest BCUT2D eigenvalue weighted by atomic mass is 32.3. The Morgan fingerprint density at radius 3 is 1.36 bits per heavy atom. The Hall–Kier alpha value is -2.37. The fourth-order valence-electron chi connectivity index (χ4n) is 1.81. The highest BCUT2D eigenvalue weighted by Crippen LogP contribution is 2.28. The van der Waals surface area contributed by atoms with Gasteiger partial charge in [0.2, 0.25) is 0 Å². The van der Waals surface area contributed by atoms with Crippen molar-refractivity contribution < 1.29 is 30.0 Å². The van der Waals surface area contributed by atoms with E-state index in [2.05, 4.69) is 4.40 Å². The standard InChI is InChI=1S/C13H10N2O7S3/c16-11-14-25(21,22)15(23(17,18)12-7-3-1-4-8-12)24(19,20)13-9-5-2-6-10-13/h1-10H. The van der Waals surface area contributed by atoms with Gasteiger partial charge in [-0.2, -0.15) is 8.42 Å². The van der Waals surface area contributed by atoms with Gasteiger partial charge < -0.3 is 0 Å². The van der Waals surface area contributed by atoms with Gasteiger partial charge in [-0.1, -0.05) is 40.8 Å². The second kappa shape index (κ2) is 6.86. The maximum atomic E-state index is 12.7. The third-order valence-electron chi connectivity index (χ3n) is 2.82. The molecular weight excluding hydrogens is 392 g/mol. The molecule has 12 heteroatoms. The van der Waals surface area contributed by atoms with E-state index in [0.29, 0.717) is 6.08 Å². The molecule has 0 heterocycles. The predicted octanol–water partition coefficient (Wildman–Crippen LogP) is 0.647. The Morgan fingerprint density at radius 2 is 1.04 bits per heavy atom. The quantitative estimate of drug-likeness (QED) is 0.511. The number of sulfonamides is 2. The Bertz CT molecular complexity index is 1050. The average molecular weight is 402 g/mol. The van der Waals surface area contributed by atoms with E-state index in [4.69, 9.17) is 0 Å². The van der Waals surface area contributed by atoms with Gasteiger partial charge >= 0.3 is 10.2 Å². The van der Waals surface area contributed by atoms with Crippen LogP contribution in [0.2, 0.25) is 0 Å². The van der Waals surface area contributed by atoms with Crippen LogP contribution < -0.4 is 0 Å². The maximum absolute atomic E-state index is 12.7. The van der Waals surface area contributed by atoms with Crippen molar-refractivity contribution in [1.82, 2.24) is 3.12 Å². The molecular formula is C13H10N2O7S3. The number of hydrogen-bond donors (Lipinski definition) is 0. The van der Waals surface area contributed by atoms with E-state index in [9.17, 15) is 30.0 Å². The van der Waals surface area contributed by atoms with Gasteiger partial charge in [0.1, 0.15) is 0 Å². The molecule has 0 radical (unpaired) electrons. The lowest BCUT2D eigenvalue weighted by molar-refractivity contribution is 0.529. The van der Waals surface area contributed by atoms with Gasteiger partial charge in [0.25, 0.3) is 26.1 Å². The van der Waals surface area contributed by atoms with Crippen molar-refractivity contribution in [2.24, 2.45) is 4.40 Å². The lowest BCUT2D eigenvalue weighted by Crippen LogP contribution is -2.40. The van der Waals surface area contributed by atoms with Crippen molar-refractivity contribution in [3.05, 3.63) is 60.7 Å². The molecule has 2 aromatic rings. The van der Waals surface area contributed by atoms with Crippen LogP contribution in [-0.4, -0.2) is 34.4 Å². The Labute approximate surface area is 144 Å². The molecule has 2 rings (SSSR count). The van der Waals surface area contributed by atoms with Crippen LogP contribution in [-0.2, 0) is 35.1 Å². The molecule has 0 aliphatic carbocycles. The van der Waals surface area contributed by atoms with Crippen molar-refractivity contribution >= 4 is 36.3 Å². The topological polar surface area (TPSA) is 135 Å². The monoisotopic (exact) mass is 402 g/mol. The zero-order chi connectivity index (χ0) is 18.7. The lowest BCUT2D eigenvalue weighted by Gasteiger charge is -2.18. The van der Waals surface area contributed by atoms with E-state index in [-0.39, 0.29) is 0 Å². The van der Waals surface area contributed by atoms with Crippen LogP contribution in [0.5, 0.6) is 0 Å². The number of nitrogens with zero attached hydrogens (tertiary/aromatic N) is 2. The molecule has 0 saturated heterocycles. The number of rotatable bonds is 6. The first-order valence-corrected chi connectivity index (χ1v) is 10.7. The second-order valence-corrected chi connectivity index (χ2v) is 10.1. The smallest absolute Gasteiger partial charge is 0.210 e. The van der Waals surface area contributed by atoms with E-state index in [1.54, 1.807) is 0 Å². The largest absolute Gasteiger partial charge is 0.360 e. The zero-order valence-electron chi connectivity index (χ0n) is 12.3. The van der Waals surface area contributed by atoms with Crippen molar-refractivity contribution in [3.63, 3.8) is 0 Å². The molecule has 0 fully saturated rings. The van der Waals surface area contributed by atoms with Crippen molar-refractivity contribution in [1.29, 1.82) is 0 Å². The molecule has 132 valence electrons. The molecule has 0 bridgehead atoms. The summed E-state index contributed by atoms with van der Waals surface area (Å²) in [6.45, 7) is 0. The normalized spacial score (nSPS) is 12.5. The van der Waals surface area contributed by atoms with E-state index in [1.807, 2.05) is 0 Å². The highest BCUT2D eigenvalue weighted by molar-refractivity contribution is 8.17. The summed E-state index contributed by atoms with van der Waals surface area (Å²) < 4.78 is 76.4. The first kappa shape index (κ1) is 19.0. The summed E-state index contributed by atoms with van der Waals surface area (Å²) in [4.78, 5) is 9.14. The van der Waals surface area contributed by atoms with Crippen LogP contribution in [0.3, 0.4) is 0 Å². The van der Waals surface area contributed by atoms with E-state index >= 15 is 0 Å². The second-order valence-electron chi connectivity index (χ2n) is 4.43. The molecule has 0 aromatic heterocycles. The number of isocyanates is 1. The Balaban J connectivity index is 2.84. The minimum Gasteiger partial charge on any atom is -0.210 e. The van der Waals surface area contributed by atoms with Gasteiger partial charge in [-0.3, -0.25) is 0 Å². The van der Waals surface area contributed by atoms with Crippen molar-refractivity contribution in [3.8, 4) is 0 Å². The molecule has 0 atom stereocenters. The molecule has 0 aliphatic heterocycles. The Kier molecular flexibility index (Phi) is 5.20. The Morgan fingerprint density at radius 1 is 0.680 bits per heavy atom. The van der Waals surface area contributed by atoms with Gasteiger partial charge in [-0.25, -0.2) is 21.6 Å². The predicted molar refractivity (Wildman–Crippen MR) is 86.1 cm³/mol. The van der Waals surface area contributed by atoms with Crippen LogP contribution in [0.1, 0.15) is 0 Å². The van der Waals surface area contributed by atoms with Crippen LogP contribution in [0, 0.1) is 0 Å². The molecule has 0 spiro atoms. The first-order chi connectivity index (χ1) is 11.6.